The zero-order valence-electron chi connectivity index (χ0n) is 19.3. The van der Waals surface area contributed by atoms with Crippen molar-refractivity contribution < 1.29 is 19.1 Å². The molecule has 0 aliphatic heterocycles. The van der Waals surface area contributed by atoms with E-state index in [0.29, 0.717) is 63.7 Å². The molecular formula is C28H34O4. The summed E-state index contributed by atoms with van der Waals surface area (Å²) < 4.78 is 11.9. The van der Waals surface area contributed by atoms with Gasteiger partial charge in [0, 0.05) is 36.5 Å². The largest absolute Gasteiger partial charge is 0.376 e. The van der Waals surface area contributed by atoms with Crippen molar-refractivity contribution >= 4 is 11.6 Å². The molecule has 2 aromatic carbocycles. The van der Waals surface area contributed by atoms with Crippen molar-refractivity contribution in [2.24, 2.45) is 10.8 Å². The molecule has 4 nitrogen and oxygen atoms in total. The minimum Gasteiger partial charge on any atom is -0.376 e. The third-order valence-electron chi connectivity index (χ3n) is 7.38. The van der Waals surface area contributed by atoms with E-state index < -0.39 is 0 Å². The molecule has 0 spiro atoms. The molecule has 2 fully saturated rings. The monoisotopic (exact) mass is 434 g/mol. The van der Waals surface area contributed by atoms with Crippen LogP contribution in [0.25, 0.3) is 11.1 Å². The molecule has 0 amide bonds. The fourth-order valence-electron chi connectivity index (χ4n) is 4.84. The Hall–Kier alpha value is -2.30. The van der Waals surface area contributed by atoms with Crippen LogP contribution in [0.15, 0.2) is 48.5 Å². The summed E-state index contributed by atoms with van der Waals surface area (Å²) in [6.07, 6.45) is 4.67. The van der Waals surface area contributed by atoms with E-state index in [-0.39, 0.29) is 10.8 Å². The van der Waals surface area contributed by atoms with Gasteiger partial charge in [0.2, 0.25) is 0 Å². The average Bonchev–Trinajstić information content (AvgIpc) is 2.77. The molecule has 2 saturated carbocycles. The maximum atomic E-state index is 11.4. The van der Waals surface area contributed by atoms with E-state index in [4.69, 9.17) is 9.47 Å². The quantitative estimate of drug-likeness (QED) is 0.441. The van der Waals surface area contributed by atoms with Crippen LogP contribution in [0.3, 0.4) is 0 Å². The smallest absolute Gasteiger partial charge is 0.134 e. The van der Waals surface area contributed by atoms with Crippen molar-refractivity contribution in [2.45, 2.75) is 65.6 Å². The van der Waals surface area contributed by atoms with Crippen LogP contribution in [0.5, 0.6) is 0 Å². The second-order valence-corrected chi connectivity index (χ2v) is 9.87. The van der Waals surface area contributed by atoms with Crippen LogP contribution in [0, 0.1) is 10.8 Å². The van der Waals surface area contributed by atoms with Gasteiger partial charge in [0.25, 0.3) is 0 Å². The number of carbonyl (C=O) groups excluding carboxylic acids is 2. The molecule has 2 aliphatic carbocycles. The second-order valence-electron chi connectivity index (χ2n) is 9.87. The first-order valence-electron chi connectivity index (χ1n) is 11.8. The number of ketones is 2. The van der Waals surface area contributed by atoms with Gasteiger partial charge in [0.05, 0.1) is 26.4 Å². The van der Waals surface area contributed by atoms with E-state index in [0.717, 1.165) is 24.0 Å². The number of rotatable bonds is 11. The van der Waals surface area contributed by atoms with Crippen molar-refractivity contribution in [3.8, 4) is 11.1 Å². The number of benzene rings is 2. The van der Waals surface area contributed by atoms with Gasteiger partial charge in [-0.25, -0.2) is 0 Å². The maximum Gasteiger partial charge on any atom is 0.134 e. The van der Waals surface area contributed by atoms with Crippen LogP contribution in [-0.4, -0.2) is 24.8 Å². The van der Waals surface area contributed by atoms with Crippen LogP contribution in [0.4, 0.5) is 0 Å². The Kier molecular flexibility index (Phi) is 6.92. The lowest BCUT2D eigenvalue weighted by molar-refractivity contribution is -0.138. The van der Waals surface area contributed by atoms with E-state index in [1.165, 1.54) is 11.1 Å². The topological polar surface area (TPSA) is 52.6 Å². The van der Waals surface area contributed by atoms with Crippen LogP contribution in [0.1, 0.15) is 63.5 Å². The second kappa shape index (κ2) is 9.68. The molecule has 0 aromatic heterocycles. The molecule has 32 heavy (non-hydrogen) atoms. The van der Waals surface area contributed by atoms with Gasteiger partial charge in [-0.15, -0.1) is 0 Å². The normalized spacial score (nSPS) is 18.8. The fraction of sp³-hybridized carbons (Fsp3) is 0.500. The molecule has 0 N–H and O–H groups in total. The van der Waals surface area contributed by atoms with Crippen molar-refractivity contribution in [2.75, 3.05) is 13.2 Å². The first kappa shape index (κ1) is 22.9. The fourth-order valence-corrected chi connectivity index (χ4v) is 4.84. The molecule has 0 unspecified atom stereocenters. The van der Waals surface area contributed by atoms with E-state index in [2.05, 4.69) is 62.4 Å². The van der Waals surface area contributed by atoms with Crippen molar-refractivity contribution in [1.29, 1.82) is 0 Å². The van der Waals surface area contributed by atoms with Crippen LogP contribution in [-0.2, 0) is 32.3 Å². The third kappa shape index (κ3) is 5.19. The zero-order valence-corrected chi connectivity index (χ0v) is 19.3. The Labute approximate surface area is 191 Å². The number of hydrogen-bond donors (Lipinski definition) is 0. The van der Waals surface area contributed by atoms with Gasteiger partial charge in [-0.2, -0.15) is 0 Å². The Balaban J connectivity index is 1.24. The number of Topliss-reactive ketones (excluding diaryl/α,β-unsaturated/α-hetero) is 2. The lowest BCUT2D eigenvalue weighted by atomic mass is 9.67. The lowest BCUT2D eigenvalue weighted by Crippen LogP contribution is -2.40. The summed E-state index contributed by atoms with van der Waals surface area (Å²) >= 11 is 0. The number of ether oxygens (including phenoxy) is 2. The standard InChI is InChI=1S/C28H34O4/c1-3-27(13-25(29)14-27)19-31-17-21-5-9-23(10-6-21)24-11-7-22(8-12-24)18-32-20-28(4-2)15-26(30)16-28/h5-12H,3-4,13-20H2,1-2H3. The van der Waals surface area contributed by atoms with Gasteiger partial charge in [0.1, 0.15) is 11.6 Å². The Morgan fingerprint density at radius 2 is 0.969 bits per heavy atom. The molecule has 4 heteroatoms. The van der Waals surface area contributed by atoms with Crippen LogP contribution in [0.2, 0.25) is 0 Å². The van der Waals surface area contributed by atoms with E-state index in [1.807, 2.05) is 0 Å². The summed E-state index contributed by atoms with van der Waals surface area (Å²) in [6, 6.07) is 17.0. The summed E-state index contributed by atoms with van der Waals surface area (Å²) in [6.45, 7) is 6.77. The highest BCUT2D eigenvalue weighted by atomic mass is 16.5. The first-order valence-corrected chi connectivity index (χ1v) is 11.8. The Morgan fingerprint density at radius 1 is 0.625 bits per heavy atom. The minimum atomic E-state index is 0.0783. The molecule has 0 heterocycles. The van der Waals surface area contributed by atoms with Gasteiger partial charge in [-0.1, -0.05) is 62.4 Å². The molecule has 2 aliphatic rings. The zero-order chi connectivity index (χ0) is 22.6. The average molecular weight is 435 g/mol. The Morgan fingerprint density at radius 3 is 1.25 bits per heavy atom. The Bertz CT molecular complexity index is 847. The van der Waals surface area contributed by atoms with Crippen molar-refractivity contribution in [3.63, 3.8) is 0 Å². The number of carbonyl (C=O) groups is 2. The van der Waals surface area contributed by atoms with Gasteiger partial charge in [-0.3, -0.25) is 9.59 Å². The highest BCUT2D eigenvalue weighted by Crippen LogP contribution is 2.42. The maximum absolute atomic E-state index is 11.4. The van der Waals surface area contributed by atoms with Crippen molar-refractivity contribution in [1.82, 2.24) is 0 Å². The molecule has 0 saturated heterocycles. The van der Waals surface area contributed by atoms with Crippen LogP contribution < -0.4 is 0 Å². The van der Waals surface area contributed by atoms with E-state index >= 15 is 0 Å². The predicted octanol–water partition coefficient (Wildman–Crippen LogP) is 5.91. The highest BCUT2D eigenvalue weighted by Gasteiger charge is 2.42. The van der Waals surface area contributed by atoms with Gasteiger partial charge < -0.3 is 9.47 Å². The molecule has 2 aromatic rings. The molecule has 4 rings (SSSR count). The summed E-state index contributed by atoms with van der Waals surface area (Å²) in [5.41, 5.74) is 4.80. The van der Waals surface area contributed by atoms with Gasteiger partial charge in [0.15, 0.2) is 0 Å². The molecule has 0 atom stereocenters. The predicted molar refractivity (Wildman–Crippen MR) is 125 cm³/mol. The van der Waals surface area contributed by atoms with Crippen molar-refractivity contribution in [3.05, 3.63) is 59.7 Å². The molecule has 170 valence electrons. The minimum absolute atomic E-state index is 0.0783. The molecule has 0 radical (unpaired) electrons. The van der Waals surface area contributed by atoms with Gasteiger partial charge in [-0.05, 0) is 35.1 Å². The summed E-state index contributed by atoms with van der Waals surface area (Å²) in [5.74, 6) is 0.717. The summed E-state index contributed by atoms with van der Waals surface area (Å²) in [4.78, 5) is 22.7. The SMILES string of the molecule is CCC1(COCc2ccc(-c3ccc(COCC4(CC)CC(=O)C4)cc3)cc2)CC(=O)C1. The van der Waals surface area contributed by atoms with E-state index in [9.17, 15) is 9.59 Å². The van der Waals surface area contributed by atoms with E-state index in [1.54, 1.807) is 0 Å². The summed E-state index contributed by atoms with van der Waals surface area (Å²) in [5, 5.41) is 0. The molecular weight excluding hydrogens is 400 g/mol. The molecule has 0 bridgehead atoms. The lowest BCUT2D eigenvalue weighted by Gasteiger charge is -2.39. The third-order valence-corrected chi connectivity index (χ3v) is 7.38. The number of hydrogen-bond acceptors (Lipinski definition) is 4. The van der Waals surface area contributed by atoms with Crippen LogP contribution >= 0.6 is 0 Å². The first-order chi connectivity index (χ1) is 15.4. The summed E-state index contributed by atoms with van der Waals surface area (Å²) in [7, 11) is 0. The van der Waals surface area contributed by atoms with Gasteiger partial charge >= 0.3 is 0 Å². The highest BCUT2D eigenvalue weighted by molar-refractivity contribution is 5.86.